The van der Waals surface area contributed by atoms with Crippen molar-refractivity contribution in [2.75, 3.05) is 27.8 Å². The molecule has 0 radical (unpaired) electrons. The molecule has 0 unspecified atom stereocenters. The standard InChI is InChI=1S/C19H21N3O4/c1-5-26-19(24)17-13(10-25-4)16-12-8-11(18(23)22(2)3)6-7-14(12)21-15(16)9-20-17/h6-9,21H,5,10H2,1-4H3. The molecule has 136 valence electrons. The van der Waals surface area contributed by atoms with E-state index in [0.29, 0.717) is 11.1 Å². The maximum absolute atomic E-state index is 12.3. The summed E-state index contributed by atoms with van der Waals surface area (Å²) in [5.74, 6) is -0.578. The molecule has 0 saturated carbocycles. The van der Waals surface area contributed by atoms with Crippen molar-refractivity contribution in [3.8, 4) is 0 Å². The van der Waals surface area contributed by atoms with E-state index in [-0.39, 0.29) is 24.8 Å². The Morgan fingerprint density at radius 1 is 1.23 bits per heavy atom. The second-order valence-electron chi connectivity index (χ2n) is 6.11. The molecule has 0 saturated heterocycles. The van der Waals surface area contributed by atoms with Crippen molar-refractivity contribution in [2.24, 2.45) is 0 Å². The predicted molar refractivity (Wildman–Crippen MR) is 98.3 cm³/mol. The van der Waals surface area contributed by atoms with Crippen molar-refractivity contribution in [2.45, 2.75) is 13.5 Å². The Morgan fingerprint density at radius 2 is 2.00 bits per heavy atom. The SMILES string of the molecule is CCOC(=O)c1ncc2[nH]c3ccc(C(=O)N(C)C)cc3c2c1COC. The van der Waals surface area contributed by atoms with Crippen molar-refractivity contribution in [1.82, 2.24) is 14.9 Å². The summed E-state index contributed by atoms with van der Waals surface area (Å²) in [5.41, 5.74) is 3.07. The lowest BCUT2D eigenvalue weighted by atomic mass is 10.0. The van der Waals surface area contributed by atoms with E-state index in [9.17, 15) is 9.59 Å². The van der Waals surface area contributed by atoms with Crippen LogP contribution in [0, 0.1) is 0 Å². The molecule has 26 heavy (non-hydrogen) atoms. The lowest BCUT2D eigenvalue weighted by Gasteiger charge is -2.11. The Balaban J connectivity index is 2.29. The summed E-state index contributed by atoms with van der Waals surface area (Å²) in [6.45, 7) is 2.22. The molecule has 0 aliphatic carbocycles. The number of aromatic amines is 1. The van der Waals surface area contributed by atoms with Crippen molar-refractivity contribution in [3.05, 3.63) is 41.2 Å². The fourth-order valence-corrected chi connectivity index (χ4v) is 3.01. The second-order valence-corrected chi connectivity index (χ2v) is 6.11. The number of aromatic nitrogens is 2. The molecule has 7 nitrogen and oxygen atoms in total. The zero-order chi connectivity index (χ0) is 18.8. The number of pyridine rings is 1. The topological polar surface area (TPSA) is 84.5 Å². The Labute approximate surface area is 150 Å². The Kier molecular flexibility index (Phi) is 4.90. The monoisotopic (exact) mass is 355 g/mol. The van der Waals surface area contributed by atoms with Crippen LogP contribution in [0.1, 0.15) is 33.3 Å². The van der Waals surface area contributed by atoms with Gasteiger partial charge >= 0.3 is 5.97 Å². The van der Waals surface area contributed by atoms with Crippen LogP contribution in [0.2, 0.25) is 0 Å². The van der Waals surface area contributed by atoms with E-state index >= 15 is 0 Å². The molecule has 3 rings (SSSR count). The van der Waals surface area contributed by atoms with Crippen molar-refractivity contribution >= 4 is 33.7 Å². The third-order valence-corrected chi connectivity index (χ3v) is 4.15. The van der Waals surface area contributed by atoms with Gasteiger partial charge in [-0.25, -0.2) is 9.78 Å². The molecule has 2 aromatic heterocycles. The molecule has 1 amide bonds. The number of amides is 1. The van der Waals surface area contributed by atoms with Crippen LogP contribution in [0.15, 0.2) is 24.4 Å². The Morgan fingerprint density at radius 3 is 2.65 bits per heavy atom. The minimum Gasteiger partial charge on any atom is -0.461 e. The molecule has 0 spiro atoms. The number of rotatable bonds is 5. The van der Waals surface area contributed by atoms with Gasteiger partial charge in [-0.05, 0) is 25.1 Å². The zero-order valence-electron chi connectivity index (χ0n) is 15.3. The van der Waals surface area contributed by atoms with Crippen molar-refractivity contribution < 1.29 is 19.1 Å². The van der Waals surface area contributed by atoms with Crippen LogP contribution in [-0.4, -0.2) is 54.6 Å². The van der Waals surface area contributed by atoms with Crippen LogP contribution in [0.3, 0.4) is 0 Å². The molecule has 0 aliphatic rings. The van der Waals surface area contributed by atoms with E-state index in [0.717, 1.165) is 21.8 Å². The number of methoxy groups -OCH3 is 1. The summed E-state index contributed by atoms with van der Waals surface area (Å²) in [7, 11) is 4.98. The van der Waals surface area contributed by atoms with Gasteiger partial charge in [-0.1, -0.05) is 0 Å². The van der Waals surface area contributed by atoms with Crippen molar-refractivity contribution in [1.29, 1.82) is 0 Å². The van der Waals surface area contributed by atoms with E-state index in [1.165, 1.54) is 4.90 Å². The zero-order valence-corrected chi connectivity index (χ0v) is 15.3. The van der Waals surface area contributed by atoms with Gasteiger partial charge in [0.1, 0.15) is 0 Å². The molecule has 0 atom stereocenters. The number of benzene rings is 1. The Bertz CT molecular complexity index is 991. The van der Waals surface area contributed by atoms with Gasteiger partial charge in [-0.2, -0.15) is 0 Å². The summed E-state index contributed by atoms with van der Waals surface area (Å²) in [4.78, 5) is 33.7. The minimum atomic E-state index is -0.490. The molecule has 2 heterocycles. The number of hydrogen-bond donors (Lipinski definition) is 1. The van der Waals surface area contributed by atoms with Crippen LogP contribution in [0.25, 0.3) is 21.8 Å². The molecule has 1 N–H and O–H groups in total. The molecule has 3 aromatic rings. The number of hydrogen-bond acceptors (Lipinski definition) is 5. The number of H-pyrrole nitrogens is 1. The average molecular weight is 355 g/mol. The Hall–Kier alpha value is -2.93. The third kappa shape index (κ3) is 3.01. The summed E-state index contributed by atoms with van der Waals surface area (Å²) in [6, 6.07) is 5.45. The van der Waals surface area contributed by atoms with Crippen LogP contribution in [-0.2, 0) is 16.1 Å². The fourth-order valence-electron chi connectivity index (χ4n) is 3.01. The van der Waals surface area contributed by atoms with Crippen LogP contribution < -0.4 is 0 Å². The maximum Gasteiger partial charge on any atom is 0.357 e. The van der Waals surface area contributed by atoms with Crippen LogP contribution in [0.4, 0.5) is 0 Å². The molecule has 0 aliphatic heterocycles. The second kappa shape index (κ2) is 7.13. The van der Waals surface area contributed by atoms with E-state index in [2.05, 4.69) is 9.97 Å². The normalized spacial score (nSPS) is 11.1. The highest BCUT2D eigenvalue weighted by Gasteiger charge is 2.21. The fraction of sp³-hybridized carbons (Fsp3) is 0.316. The van der Waals surface area contributed by atoms with Gasteiger partial charge in [-0.15, -0.1) is 0 Å². The molecular formula is C19H21N3O4. The predicted octanol–water partition coefficient (Wildman–Crippen LogP) is 2.74. The maximum atomic E-state index is 12.3. The third-order valence-electron chi connectivity index (χ3n) is 4.15. The van der Waals surface area contributed by atoms with Crippen LogP contribution >= 0.6 is 0 Å². The first-order valence-electron chi connectivity index (χ1n) is 8.29. The first kappa shape index (κ1) is 17.9. The van der Waals surface area contributed by atoms with Gasteiger partial charge in [0.15, 0.2) is 5.69 Å². The smallest absolute Gasteiger partial charge is 0.357 e. The largest absolute Gasteiger partial charge is 0.461 e. The molecular weight excluding hydrogens is 334 g/mol. The van der Waals surface area contributed by atoms with Gasteiger partial charge in [0.2, 0.25) is 0 Å². The summed E-state index contributed by atoms with van der Waals surface area (Å²) < 4.78 is 10.4. The van der Waals surface area contributed by atoms with Gasteiger partial charge < -0.3 is 19.4 Å². The highest BCUT2D eigenvalue weighted by atomic mass is 16.5. The number of nitrogens with one attached hydrogen (secondary N) is 1. The molecule has 1 aromatic carbocycles. The molecule has 0 bridgehead atoms. The van der Waals surface area contributed by atoms with Gasteiger partial charge in [0, 0.05) is 48.6 Å². The summed E-state index contributed by atoms with van der Waals surface area (Å²) in [5, 5.41) is 1.65. The van der Waals surface area contributed by atoms with E-state index in [4.69, 9.17) is 9.47 Å². The van der Waals surface area contributed by atoms with E-state index in [1.807, 2.05) is 12.1 Å². The average Bonchev–Trinajstić information content (AvgIpc) is 2.99. The summed E-state index contributed by atoms with van der Waals surface area (Å²) in [6.07, 6.45) is 1.61. The number of ether oxygens (including phenoxy) is 2. The van der Waals surface area contributed by atoms with Crippen LogP contribution in [0.5, 0.6) is 0 Å². The quantitative estimate of drug-likeness (QED) is 0.712. The number of esters is 1. The van der Waals surface area contributed by atoms with Gasteiger partial charge in [0.25, 0.3) is 5.91 Å². The highest BCUT2D eigenvalue weighted by molar-refractivity contribution is 6.13. The number of carbonyl (C=O) groups excluding carboxylic acids is 2. The highest BCUT2D eigenvalue weighted by Crippen LogP contribution is 2.31. The molecule has 0 fully saturated rings. The number of fused-ring (bicyclic) bond motifs is 3. The molecule has 7 heteroatoms. The number of nitrogens with zero attached hydrogens (tertiary/aromatic N) is 2. The van der Waals surface area contributed by atoms with Crippen molar-refractivity contribution in [3.63, 3.8) is 0 Å². The first-order chi connectivity index (χ1) is 12.5. The van der Waals surface area contributed by atoms with Gasteiger partial charge in [0.05, 0.1) is 24.9 Å². The number of carbonyl (C=O) groups is 2. The summed E-state index contributed by atoms with van der Waals surface area (Å²) >= 11 is 0. The van der Waals surface area contributed by atoms with Gasteiger partial charge in [-0.3, -0.25) is 4.79 Å². The first-order valence-corrected chi connectivity index (χ1v) is 8.29. The lowest BCUT2D eigenvalue weighted by molar-refractivity contribution is 0.0514. The minimum absolute atomic E-state index is 0.0887. The lowest BCUT2D eigenvalue weighted by Crippen LogP contribution is -2.21. The van der Waals surface area contributed by atoms with E-state index in [1.54, 1.807) is 40.4 Å². The van der Waals surface area contributed by atoms with E-state index < -0.39 is 5.97 Å².